The number of anilines is 1. The molecule has 0 amide bonds. The topological polar surface area (TPSA) is 165 Å². The number of pyridine rings is 1. The quantitative estimate of drug-likeness (QED) is 0.0538. The number of carbonyl (C=O) groups is 3. The molecule has 0 saturated carbocycles. The number of aromatic nitrogens is 4. The van der Waals surface area contributed by atoms with Gasteiger partial charge < -0.3 is 29.0 Å². The van der Waals surface area contributed by atoms with Crippen LogP contribution in [0, 0.1) is 20.8 Å². The Morgan fingerprint density at radius 1 is 0.812 bits per heavy atom. The Labute approximate surface area is 411 Å². The number of thiophene rings is 1. The van der Waals surface area contributed by atoms with Gasteiger partial charge in [-0.3, -0.25) is 19.1 Å². The van der Waals surface area contributed by atoms with E-state index >= 15 is 0 Å². The summed E-state index contributed by atoms with van der Waals surface area (Å²) in [7, 11) is 0. The summed E-state index contributed by atoms with van der Waals surface area (Å²) in [6, 6.07) is 24.2. The van der Waals surface area contributed by atoms with Crippen LogP contribution in [0.2, 0.25) is 5.02 Å². The summed E-state index contributed by atoms with van der Waals surface area (Å²) in [5.41, 5.74) is 7.78. The molecule has 1 atom stereocenters. The first kappa shape index (κ1) is 49.3. The van der Waals surface area contributed by atoms with Crippen LogP contribution in [0.15, 0.2) is 83.9 Å². The number of hydrogen-bond donors (Lipinski definition) is 1. The van der Waals surface area contributed by atoms with E-state index in [2.05, 4.69) is 38.9 Å². The molecule has 6 aromatic rings. The van der Waals surface area contributed by atoms with Gasteiger partial charge >= 0.3 is 5.97 Å². The molecule has 0 radical (unpaired) electrons. The number of nitrogens with one attached hydrogen (secondary N) is 1. The summed E-state index contributed by atoms with van der Waals surface area (Å²) in [6.45, 7) is 14.9. The van der Waals surface area contributed by atoms with Crippen LogP contribution in [-0.4, -0.2) is 101 Å². The molecule has 0 spiro atoms. The zero-order valence-corrected chi connectivity index (χ0v) is 41.4. The highest BCUT2D eigenvalue weighted by Crippen LogP contribution is 2.40. The van der Waals surface area contributed by atoms with Crippen molar-refractivity contribution in [3.8, 4) is 21.9 Å². The normalized spacial score (nSPS) is 14.2. The molecule has 0 bridgehead atoms. The molecule has 1 N–H and O–H groups in total. The highest BCUT2D eigenvalue weighted by molar-refractivity contribution is 7.15. The van der Waals surface area contributed by atoms with E-state index in [1.54, 1.807) is 11.3 Å². The molecule has 1 aliphatic heterocycles. The van der Waals surface area contributed by atoms with Gasteiger partial charge in [0.25, 0.3) is 0 Å². The van der Waals surface area contributed by atoms with Crippen molar-refractivity contribution < 1.29 is 38.1 Å². The first-order chi connectivity index (χ1) is 33.2. The molecule has 3 aromatic carbocycles. The van der Waals surface area contributed by atoms with E-state index in [-0.39, 0.29) is 30.1 Å². The molecule has 16 heteroatoms. The smallest absolute Gasteiger partial charge is 0.358 e. The standard InChI is InChI=1S/C53H57ClN6O8S/c1-32-33(2)69-51-47(32)48(36-11-13-40(54)14-12-36)56-45(50-59-58-34(3)60(50)51)31-41(61)27-35-7-15-43(16-8-35)67-26-25-66-24-23-65-22-21-64-20-19-55-46-18-17-44(49(57-46)52(63)68-53(4,5)6)38-10-9-37-29-42(62)30-39(37)28-38/h7-18,28,45H,19-27,29-31H2,1-6H3,(H,55,57)/t45-/m0/s1. The van der Waals surface area contributed by atoms with Gasteiger partial charge in [-0.25, -0.2) is 9.78 Å². The van der Waals surface area contributed by atoms with Gasteiger partial charge in [0.2, 0.25) is 0 Å². The summed E-state index contributed by atoms with van der Waals surface area (Å²) in [5.74, 6) is 2.32. The average Bonchev–Trinajstić information content (AvgIpc) is 3.95. The maximum absolute atomic E-state index is 13.7. The van der Waals surface area contributed by atoms with Crippen LogP contribution >= 0.6 is 22.9 Å². The molecule has 3 aromatic heterocycles. The van der Waals surface area contributed by atoms with Crippen molar-refractivity contribution >= 4 is 52.0 Å². The van der Waals surface area contributed by atoms with Crippen molar-refractivity contribution in [2.75, 3.05) is 58.1 Å². The molecule has 14 nitrogen and oxygen atoms in total. The third-order valence-corrected chi connectivity index (χ3v) is 13.1. The van der Waals surface area contributed by atoms with E-state index < -0.39 is 17.6 Å². The minimum atomic E-state index is -0.693. The van der Waals surface area contributed by atoms with E-state index in [9.17, 15) is 14.4 Å². The van der Waals surface area contributed by atoms with E-state index in [4.69, 9.17) is 40.3 Å². The minimum absolute atomic E-state index is 0.0390. The number of carbonyl (C=O) groups excluding carboxylic acids is 3. The number of ether oxygens (including phenoxy) is 5. The van der Waals surface area contributed by atoms with Crippen LogP contribution < -0.4 is 10.1 Å². The lowest BCUT2D eigenvalue weighted by molar-refractivity contribution is -0.119. The number of aliphatic imine (C=N–C) groups is 1. The van der Waals surface area contributed by atoms with Gasteiger partial charge in [-0.1, -0.05) is 54.1 Å². The molecule has 1 aliphatic carbocycles. The van der Waals surface area contributed by atoms with Gasteiger partial charge in [-0.15, -0.1) is 21.5 Å². The largest absolute Gasteiger partial charge is 0.491 e. The van der Waals surface area contributed by atoms with Crippen molar-refractivity contribution in [1.82, 2.24) is 19.7 Å². The van der Waals surface area contributed by atoms with Gasteiger partial charge in [-0.05, 0) is 106 Å². The SMILES string of the molecule is Cc1sc2c(c1C)C(c1ccc(Cl)cc1)=N[C@@H](CC(=O)Cc1ccc(OCCOCCOCCOCCNc3ccc(-c4ccc5c(c4)CC(=O)C5)c(C(=O)OC(C)(C)C)n3)cc1)c1nnc(C)n1-2. The third-order valence-electron chi connectivity index (χ3n) is 11.7. The Balaban J connectivity index is 0.722. The van der Waals surface area contributed by atoms with Crippen LogP contribution in [0.4, 0.5) is 5.82 Å². The number of ketones is 2. The van der Waals surface area contributed by atoms with Crippen LogP contribution in [0.5, 0.6) is 5.75 Å². The van der Waals surface area contributed by atoms with Crippen LogP contribution in [0.1, 0.15) is 93.6 Å². The van der Waals surface area contributed by atoms with Gasteiger partial charge in [0.15, 0.2) is 11.5 Å². The van der Waals surface area contributed by atoms with Gasteiger partial charge in [0, 0.05) is 58.8 Å². The minimum Gasteiger partial charge on any atom is -0.491 e. The van der Waals surface area contributed by atoms with Crippen molar-refractivity contribution in [2.45, 2.75) is 78.9 Å². The number of rotatable bonds is 21. The molecule has 0 fully saturated rings. The molecule has 4 heterocycles. The number of Topliss-reactive ketones (excluding diaryl/α,β-unsaturated/α-hetero) is 2. The first-order valence-corrected chi connectivity index (χ1v) is 24.4. The van der Waals surface area contributed by atoms with E-state index in [1.165, 1.54) is 4.88 Å². The van der Waals surface area contributed by atoms with Crippen molar-refractivity contribution in [1.29, 1.82) is 0 Å². The molecule has 0 unspecified atom stereocenters. The summed E-state index contributed by atoms with van der Waals surface area (Å²) < 4.78 is 30.7. The van der Waals surface area contributed by atoms with Gasteiger partial charge in [0.05, 0.1) is 45.4 Å². The lowest BCUT2D eigenvalue weighted by Gasteiger charge is -2.20. The number of hydrogen-bond acceptors (Lipinski definition) is 14. The molecule has 69 heavy (non-hydrogen) atoms. The predicted molar refractivity (Wildman–Crippen MR) is 267 cm³/mol. The molecular weight excluding hydrogens is 916 g/mol. The fourth-order valence-electron chi connectivity index (χ4n) is 8.25. The summed E-state index contributed by atoms with van der Waals surface area (Å²) in [6.07, 6.45) is 1.26. The van der Waals surface area contributed by atoms with Gasteiger partial charge in [0.1, 0.15) is 52.2 Å². The monoisotopic (exact) mass is 972 g/mol. The second-order valence-electron chi connectivity index (χ2n) is 18.1. The zero-order chi connectivity index (χ0) is 48.7. The van der Waals surface area contributed by atoms with Crippen molar-refractivity contribution in [3.63, 3.8) is 0 Å². The number of esters is 1. The number of nitrogens with zero attached hydrogens (tertiary/aromatic N) is 5. The van der Waals surface area contributed by atoms with E-state index in [0.29, 0.717) is 93.6 Å². The Hall–Kier alpha value is -6.10. The lowest BCUT2D eigenvalue weighted by atomic mass is 9.99. The van der Waals surface area contributed by atoms with E-state index in [0.717, 1.165) is 55.5 Å². The maximum Gasteiger partial charge on any atom is 0.358 e. The summed E-state index contributed by atoms with van der Waals surface area (Å²) in [4.78, 5) is 50.0. The number of halogens is 1. The molecule has 360 valence electrons. The Morgan fingerprint density at radius 2 is 1.49 bits per heavy atom. The van der Waals surface area contributed by atoms with Crippen LogP contribution in [0.25, 0.3) is 16.1 Å². The van der Waals surface area contributed by atoms with Crippen molar-refractivity contribution in [3.05, 3.63) is 139 Å². The third kappa shape index (κ3) is 12.4. The number of benzene rings is 3. The summed E-state index contributed by atoms with van der Waals surface area (Å²) >= 11 is 7.94. The van der Waals surface area contributed by atoms with E-state index in [1.807, 2.05) is 107 Å². The molecular formula is C53H57ClN6O8S. The highest BCUT2D eigenvalue weighted by atomic mass is 35.5. The second-order valence-corrected chi connectivity index (χ2v) is 19.7. The number of aryl methyl sites for hydroxylation is 2. The summed E-state index contributed by atoms with van der Waals surface area (Å²) in [5, 5.41) is 13.8. The molecule has 8 rings (SSSR count). The first-order valence-electron chi connectivity index (χ1n) is 23.2. The predicted octanol–water partition coefficient (Wildman–Crippen LogP) is 9.23. The molecule has 2 aliphatic rings. The Morgan fingerprint density at radius 3 is 2.22 bits per heavy atom. The van der Waals surface area contributed by atoms with Crippen LogP contribution in [-0.2, 0) is 47.8 Å². The second kappa shape index (κ2) is 22.1. The average molecular weight is 974 g/mol. The highest BCUT2D eigenvalue weighted by Gasteiger charge is 2.33. The Bertz CT molecular complexity index is 2850. The van der Waals surface area contributed by atoms with Crippen molar-refractivity contribution in [2.24, 2.45) is 4.99 Å². The van der Waals surface area contributed by atoms with Gasteiger partial charge in [-0.2, -0.15) is 0 Å². The molecule has 0 saturated heterocycles. The lowest BCUT2D eigenvalue weighted by Crippen LogP contribution is -2.25. The fourth-order valence-corrected chi connectivity index (χ4v) is 9.59. The maximum atomic E-state index is 13.7. The Kier molecular flexibility index (Phi) is 15.8. The fraction of sp³-hybridized carbons (Fsp3) is 0.377. The van der Waals surface area contributed by atoms with Crippen LogP contribution in [0.3, 0.4) is 0 Å². The zero-order valence-electron chi connectivity index (χ0n) is 39.9. The number of fused-ring (bicyclic) bond motifs is 4.